The van der Waals surface area contributed by atoms with Crippen LogP contribution >= 0.6 is 0 Å². The van der Waals surface area contributed by atoms with E-state index >= 15 is 0 Å². The van der Waals surface area contributed by atoms with Crippen molar-refractivity contribution >= 4 is 5.69 Å². The first-order valence-electron chi connectivity index (χ1n) is 7.71. The molecule has 0 saturated heterocycles. The topological polar surface area (TPSA) is 26.0 Å². The van der Waals surface area contributed by atoms with Crippen molar-refractivity contribution in [3.63, 3.8) is 0 Å². The van der Waals surface area contributed by atoms with E-state index in [2.05, 4.69) is 74.5 Å². The standard InChI is InChI=1S/C21H21N/c1-15(2)19-13-18(16-9-5-3-6-10-16)14-20(21(19)22)17-11-7-4-8-12-17/h3-15H,22H2,1-2H3. The van der Waals surface area contributed by atoms with E-state index in [4.69, 9.17) is 5.73 Å². The molecule has 2 N–H and O–H groups in total. The maximum atomic E-state index is 6.46. The van der Waals surface area contributed by atoms with E-state index in [1.807, 2.05) is 12.1 Å². The minimum Gasteiger partial charge on any atom is -0.398 e. The Kier molecular flexibility index (Phi) is 3.97. The first-order chi connectivity index (χ1) is 10.7. The molecular weight excluding hydrogens is 266 g/mol. The second kappa shape index (κ2) is 6.07. The Hall–Kier alpha value is -2.54. The van der Waals surface area contributed by atoms with Crippen molar-refractivity contribution in [2.24, 2.45) is 0 Å². The van der Waals surface area contributed by atoms with Gasteiger partial charge in [-0.3, -0.25) is 0 Å². The number of hydrogen-bond acceptors (Lipinski definition) is 1. The van der Waals surface area contributed by atoms with Gasteiger partial charge in [0.2, 0.25) is 0 Å². The third-order valence-electron chi connectivity index (χ3n) is 4.03. The van der Waals surface area contributed by atoms with Gasteiger partial charge in [0.25, 0.3) is 0 Å². The van der Waals surface area contributed by atoms with Gasteiger partial charge in [0, 0.05) is 11.3 Å². The molecule has 22 heavy (non-hydrogen) atoms. The van der Waals surface area contributed by atoms with Crippen LogP contribution < -0.4 is 5.73 Å². The predicted molar refractivity (Wildman–Crippen MR) is 95.8 cm³/mol. The lowest BCUT2D eigenvalue weighted by Gasteiger charge is -2.17. The molecule has 0 fully saturated rings. The summed E-state index contributed by atoms with van der Waals surface area (Å²) in [7, 11) is 0. The zero-order valence-corrected chi connectivity index (χ0v) is 13.1. The van der Waals surface area contributed by atoms with Crippen LogP contribution in [0.3, 0.4) is 0 Å². The van der Waals surface area contributed by atoms with Crippen molar-refractivity contribution in [2.75, 3.05) is 5.73 Å². The summed E-state index contributed by atoms with van der Waals surface area (Å²) in [4.78, 5) is 0. The van der Waals surface area contributed by atoms with E-state index in [0.717, 1.165) is 11.3 Å². The number of nitrogen functional groups attached to an aromatic ring is 1. The summed E-state index contributed by atoms with van der Waals surface area (Å²) in [6, 6.07) is 25.3. The van der Waals surface area contributed by atoms with E-state index in [0.29, 0.717) is 5.92 Å². The Morgan fingerprint density at radius 3 is 1.77 bits per heavy atom. The lowest BCUT2D eigenvalue weighted by molar-refractivity contribution is 0.871. The summed E-state index contributed by atoms with van der Waals surface area (Å²) >= 11 is 0. The second-order valence-corrected chi connectivity index (χ2v) is 5.91. The molecule has 1 heteroatoms. The zero-order valence-electron chi connectivity index (χ0n) is 13.1. The number of anilines is 1. The molecule has 1 nitrogen and oxygen atoms in total. The molecule has 0 amide bonds. The fraction of sp³-hybridized carbons (Fsp3) is 0.143. The molecule has 0 aliphatic carbocycles. The van der Waals surface area contributed by atoms with Crippen LogP contribution in [0.25, 0.3) is 22.3 Å². The Morgan fingerprint density at radius 2 is 1.23 bits per heavy atom. The van der Waals surface area contributed by atoms with Gasteiger partial charge < -0.3 is 5.73 Å². The van der Waals surface area contributed by atoms with Crippen molar-refractivity contribution < 1.29 is 0 Å². The maximum Gasteiger partial charge on any atom is 0.0429 e. The minimum absolute atomic E-state index is 0.395. The summed E-state index contributed by atoms with van der Waals surface area (Å²) in [6.07, 6.45) is 0. The lowest BCUT2D eigenvalue weighted by atomic mass is 9.90. The average Bonchev–Trinajstić information content (AvgIpc) is 2.56. The average molecular weight is 287 g/mol. The van der Waals surface area contributed by atoms with Gasteiger partial charge >= 0.3 is 0 Å². The molecule has 0 radical (unpaired) electrons. The van der Waals surface area contributed by atoms with E-state index in [9.17, 15) is 0 Å². The van der Waals surface area contributed by atoms with E-state index < -0.39 is 0 Å². The first kappa shape index (κ1) is 14.4. The minimum atomic E-state index is 0.395. The number of benzene rings is 3. The van der Waals surface area contributed by atoms with Crippen LogP contribution in [0.1, 0.15) is 25.3 Å². The smallest absolute Gasteiger partial charge is 0.0429 e. The quantitative estimate of drug-likeness (QED) is 0.612. The molecule has 110 valence electrons. The van der Waals surface area contributed by atoms with E-state index in [-0.39, 0.29) is 0 Å². The molecule has 3 aromatic rings. The van der Waals surface area contributed by atoms with Gasteiger partial charge in [-0.1, -0.05) is 74.5 Å². The number of hydrogen-bond donors (Lipinski definition) is 1. The van der Waals surface area contributed by atoms with Gasteiger partial charge in [0.15, 0.2) is 0 Å². The molecule has 0 aliphatic heterocycles. The van der Waals surface area contributed by atoms with Crippen LogP contribution in [0.4, 0.5) is 5.69 Å². The van der Waals surface area contributed by atoms with Gasteiger partial charge in [-0.05, 0) is 40.3 Å². The highest BCUT2D eigenvalue weighted by atomic mass is 14.6. The van der Waals surface area contributed by atoms with Crippen molar-refractivity contribution in [3.8, 4) is 22.3 Å². The molecule has 0 heterocycles. The molecule has 0 unspecified atom stereocenters. The van der Waals surface area contributed by atoms with Gasteiger partial charge in [-0.15, -0.1) is 0 Å². The summed E-state index contributed by atoms with van der Waals surface area (Å²) in [5, 5.41) is 0. The highest BCUT2D eigenvalue weighted by Gasteiger charge is 2.13. The zero-order chi connectivity index (χ0) is 15.5. The number of nitrogens with two attached hydrogens (primary N) is 1. The van der Waals surface area contributed by atoms with Crippen LogP contribution in [0.2, 0.25) is 0 Å². The first-order valence-corrected chi connectivity index (χ1v) is 7.71. The maximum absolute atomic E-state index is 6.46. The highest BCUT2D eigenvalue weighted by Crippen LogP contribution is 2.37. The van der Waals surface area contributed by atoms with Crippen LogP contribution in [0.5, 0.6) is 0 Å². The summed E-state index contributed by atoms with van der Waals surface area (Å²) in [5.41, 5.74) is 13.3. The van der Waals surface area contributed by atoms with Crippen molar-refractivity contribution in [3.05, 3.63) is 78.4 Å². The number of rotatable bonds is 3. The molecular formula is C21H21N. The molecule has 3 aromatic carbocycles. The monoisotopic (exact) mass is 287 g/mol. The fourth-order valence-corrected chi connectivity index (χ4v) is 2.81. The molecule has 0 bridgehead atoms. The molecule has 0 aromatic heterocycles. The van der Waals surface area contributed by atoms with Crippen molar-refractivity contribution in [1.82, 2.24) is 0 Å². The van der Waals surface area contributed by atoms with Gasteiger partial charge in [-0.2, -0.15) is 0 Å². The Morgan fingerprint density at radius 1 is 0.682 bits per heavy atom. The SMILES string of the molecule is CC(C)c1cc(-c2ccccc2)cc(-c2ccccc2)c1N. The van der Waals surface area contributed by atoms with Gasteiger partial charge in [-0.25, -0.2) is 0 Å². The van der Waals surface area contributed by atoms with E-state index in [1.165, 1.54) is 22.3 Å². The Labute approximate surface area is 132 Å². The van der Waals surface area contributed by atoms with Crippen LogP contribution in [-0.2, 0) is 0 Å². The van der Waals surface area contributed by atoms with Crippen LogP contribution in [0.15, 0.2) is 72.8 Å². The molecule has 0 aliphatic rings. The summed E-state index contributed by atoms with van der Waals surface area (Å²) < 4.78 is 0. The molecule has 0 spiro atoms. The largest absolute Gasteiger partial charge is 0.398 e. The van der Waals surface area contributed by atoms with Crippen molar-refractivity contribution in [2.45, 2.75) is 19.8 Å². The van der Waals surface area contributed by atoms with Crippen LogP contribution in [-0.4, -0.2) is 0 Å². The lowest BCUT2D eigenvalue weighted by Crippen LogP contribution is -2.00. The Balaban J connectivity index is 2.24. The van der Waals surface area contributed by atoms with Crippen molar-refractivity contribution in [1.29, 1.82) is 0 Å². The van der Waals surface area contributed by atoms with Crippen LogP contribution in [0, 0.1) is 0 Å². The third kappa shape index (κ3) is 2.75. The molecule has 3 rings (SSSR count). The van der Waals surface area contributed by atoms with Gasteiger partial charge in [0.1, 0.15) is 0 Å². The highest BCUT2D eigenvalue weighted by molar-refractivity contribution is 5.84. The van der Waals surface area contributed by atoms with E-state index in [1.54, 1.807) is 0 Å². The normalized spacial score (nSPS) is 10.9. The predicted octanol–water partition coefficient (Wildman–Crippen LogP) is 5.73. The summed E-state index contributed by atoms with van der Waals surface area (Å²) in [6.45, 7) is 4.38. The summed E-state index contributed by atoms with van der Waals surface area (Å²) in [5.74, 6) is 0.395. The molecule has 0 saturated carbocycles. The molecule has 0 atom stereocenters. The Bertz CT molecular complexity index is 759. The second-order valence-electron chi connectivity index (χ2n) is 5.91. The third-order valence-corrected chi connectivity index (χ3v) is 4.03. The van der Waals surface area contributed by atoms with Gasteiger partial charge in [0.05, 0.1) is 0 Å². The fourth-order valence-electron chi connectivity index (χ4n) is 2.81.